The fourth-order valence-electron chi connectivity index (χ4n) is 15.5. The number of fused-ring (bicyclic) bond motifs is 4. The Balaban J connectivity index is 1.45. The molecule has 0 aromatic carbocycles. The van der Waals surface area contributed by atoms with Crippen molar-refractivity contribution in [3.8, 4) is 0 Å². The van der Waals surface area contributed by atoms with Gasteiger partial charge in [0.25, 0.3) is 0 Å². The molecule has 0 saturated heterocycles. The number of hydrogen-bond acceptors (Lipinski definition) is 4. The molecular weight excluding hydrogens is 832 g/mol. The lowest BCUT2D eigenvalue weighted by Gasteiger charge is -2.55. The number of carbonyl (C=O) groups is 2. The zero-order valence-electron chi connectivity index (χ0n) is 18.0. The molecule has 0 aliphatic heterocycles. The monoisotopic (exact) mass is 846 g/mol. The molecular formula is C24H20Br6O4. The fourth-order valence-corrected chi connectivity index (χ4v) is 27.0. The van der Waals surface area contributed by atoms with Crippen LogP contribution < -0.4 is 0 Å². The lowest BCUT2D eigenvalue weighted by Crippen LogP contribution is -2.58. The summed E-state index contributed by atoms with van der Waals surface area (Å²) in [6.45, 7) is 0. The van der Waals surface area contributed by atoms with Gasteiger partial charge in [0.05, 0.1) is 14.2 Å². The molecule has 0 N–H and O–H groups in total. The molecule has 0 heterocycles. The summed E-state index contributed by atoms with van der Waals surface area (Å²) >= 11 is 26.3. The molecule has 0 aromatic rings. The maximum atomic E-state index is 13.9. The highest BCUT2D eigenvalue weighted by Gasteiger charge is 3.15. The standard InChI is InChI=1S/C24H20Br6O4/c1-33-17(31)19(27)13-5-6-14(19)22-8-4-3-7(11(8)25)21(13,22)23(29)9(3)12(26)10(4)24(22,30)16(6)20(28,15(5)23)18(32)34-2/h3-16H,1-2H3/t3-,4+,5-,6-,7-,8+,9+,10-,11?,12?,13+,14-,15-,16+,19?,20?,21?,22?,23-,24-/m0/s1. The van der Waals surface area contributed by atoms with Gasteiger partial charge >= 0.3 is 11.9 Å². The molecule has 4 bridgehead atoms. The van der Waals surface area contributed by atoms with Crippen molar-refractivity contribution in [2.24, 2.45) is 81.8 Å². The highest BCUT2D eigenvalue weighted by molar-refractivity contribution is 9.11. The summed E-state index contributed by atoms with van der Waals surface area (Å²) in [5.74, 6) is 3.89. The van der Waals surface area contributed by atoms with Crippen LogP contribution in [0.4, 0.5) is 0 Å². The molecule has 10 rings (SSSR count). The van der Waals surface area contributed by atoms with E-state index in [2.05, 4.69) is 95.6 Å². The van der Waals surface area contributed by atoms with Gasteiger partial charge in [-0.05, 0) is 59.2 Å². The Labute approximate surface area is 247 Å². The summed E-state index contributed by atoms with van der Waals surface area (Å²) in [7, 11) is 3.08. The molecule has 182 valence electrons. The third-order valence-electron chi connectivity index (χ3n) is 14.1. The van der Waals surface area contributed by atoms with Crippen molar-refractivity contribution >= 4 is 108 Å². The molecule has 0 radical (unpaired) electrons. The molecule has 0 aromatic heterocycles. The Morgan fingerprint density at radius 2 is 0.941 bits per heavy atom. The highest BCUT2D eigenvalue weighted by atomic mass is 79.9. The molecule has 34 heavy (non-hydrogen) atoms. The Bertz CT molecular complexity index is 1160. The van der Waals surface area contributed by atoms with Crippen molar-refractivity contribution in [2.75, 3.05) is 14.2 Å². The van der Waals surface area contributed by atoms with E-state index in [1.54, 1.807) is 7.11 Å². The van der Waals surface area contributed by atoms with Crippen LogP contribution in [0.15, 0.2) is 0 Å². The van der Waals surface area contributed by atoms with E-state index in [0.29, 0.717) is 45.2 Å². The number of esters is 2. The van der Waals surface area contributed by atoms with E-state index in [9.17, 15) is 9.59 Å². The van der Waals surface area contributed by atoms with Crippen LogP contribution in [-0.2, 0) is 19.1 Å². The largest absolute Gasteiger partial charge is 0.468 e. The van der Waals surface area contributed by atoms with Crippen LogP contribution >= 0.6 is 95.6 Å². The van der Waals surface area contributed by atoms with Crippen molar-refractivity contribution in [3.63, 3.8) is 0 Å². The number of hydrogen-bond donors (Lipinski definition) is 0. The lowest BCUT2D eigenvalue weighted by molar-refractivity contribution is -0.146. The zero-order valence-corrected chi connectivity index (χ0v) is 27.5. The zero-order chi connectivity index (χ0) is 23.7. The number of ether oxygens (including phenoxy) is 2. The second kappa shape index (κ2) is 5.16. The first-order chi connectivity index (χ1) is 16.0. The van der Waals surface area contributed by atoms with Crippen LogP contribution in [0.2, 0.25) is 0 Å². The topological polar surface area (TPSA) is 52.6 Å². The minimum Gasteiger partial charge on any atom is -0.468 e. The maximum Gasteiger partial charge on any atom is 0.323 e. The minimum atomic E-state index is -0.753. The molecule has 4 nitrogen and oxygen atoms in total. The summed E-state index contributed by atoms with van der Waals surface area (Å²) in [5.41, 5.74) is -0.143. The van der Waals surface area contributed by atoms with E-state index in [1.807, 2.05) is 0 Å². The summed E-state index contributed by atoms with van der Waals surface area (Å²) in [4.78, 5) is 28.6. The number of carbonyl (C=O) groups excluding carboxylic acids is 2. The summed E-state index contributed by atoms with van der Waals surface area (Å²) in [6, 6.07) is 0. The quantitative estimate of drug-likeness (QED) is 0.294. The normalized spacial score (nSPS) is 80.7. The molecule has 10 fully saturated rings. The van der Waals surface area contributed by atoms with Crippen molar-refractivity contribution < 1.29 is 19.1 Å². The Morgan fingerprint density at radius 3 is 1.32 bits per heavy atom. The van der Waals surface area contributed by atoms with E-state index in [0.717, 1.165) is 0 Å². The van der Waals surface area contributed by atoms with Crippen LogP contribution in [-0.4, -0.2) is 53.1 Å². The number of alkyl halides is 6. The molecule has 10 saturated carbocycles. The van der Waals surface area contributed by atoms with E-state index >= 15 is 0 Å². The number of rotatable bonds is 2. The number of methoxy groups -OCH3 is 2. The molecule has 6 unspecified atom stereocenters. The lowest BCUT2D eigenvalue weighted by atomic mass is 9.51. The van der Waals surface area contributed by atoms with Crippen LogP contribution in [0, 0.1) is 81.8 Å². The van der Waals surface area contributed by atoms with Gasteiger partial charge in [0.2, 0.25) is 0 Å². The molecule has 0 amide bonds. The summed E-state index contributed by atoms with van der Waals surface area (Å²) < 4.78 is 9.29. The average molecular weight is 852 g/mol. The van der Waals surface area contributed by atoms with Crippen molar-refractivity contribution in [1.82, 2.24) is 0 Å². The van der Waals surface area contributed by atoms with Gasteiger partial charge in [0.15, 0.2) is 0 Å². The minimum absolute atomic E-state index is 0.0715. The highest BCUT2D eigenvalue weighted by Crippen LogP contribution is 3.12. The van der Waals surface area contributed by atoms with E-state index in [4.69, 9.17) is 9.47 Å². The predicted molar refractivity (Wildman–Crippen MR) is 143 cm³/mol. The molecule has 10 aliphatic rings. The van der Waals surface area contributed by atoms with Crippen LogP contribution in [0.25, 0.3) is 0 Å². The average Bonchev–Trinajstić information content (AvgIpc) is 3.59. The van der Waals surface area contributed by atoms with Crippen molar-refractivity contribution in [1.29, 1.82) is 0 Å². The summed E-state index contributed by atoms with van der Waals surface area (Å²) in [5, 5.41) is 0. The third-order valence-corrected chi connectivity index (χ3v) is 22.4. The first-order valence-electron chi connectivity index (χ1n) is 12.2. The first-order valence-corrected chi connectivity index (χ1v) is 17.2. The molecule has 2 spiro atoms. The molecule has 20 atom stereocenters. The molecule has 10 heteroatoms. The van der Waals surface area contributed by atoms with Crippen LogP contribution in [0.1, 0.15) is 0 Å². The predicted octanol–water partition coefficient (Wildman–Crippen LogP) is 4.90. The summed E-state index contributed by atoms with van der Waals surface area (Å²) in [6.07, 6.45) is 0. The van der Waals surface area contributed by atoms with Crippen LogP contribution in [0.3, 0.4) is 0 Å². The third kappa shape index (κ3) is 1.22. The van der Waals surface area contributed by atoms with E-state index < -0.39 is 8.65 Å². The van der Waals surface area contributed by atoms with Crippen LogP contribution in [0.5, 0.6) is 0 Å². The maximum absolute atomic E-state index is 13.9. The van der Waals surface area contributed by atoms with Gasteiger partial charge in [-0.15, -0.1) is 0 Å². The molecule has 10 aliphatic carbocycles. The van der Waals surface area contributed by atoms with Gasteiger partial charge in [-0.3, -0.25) is 9.59 Å². The van der Waals surface area contributed by atoms with Crippen molar-refractivity contribution in [2.45, 2.75) is 27.0 Å². The fraction of sp³-hybridized carbons (Fsp3) is 0.917. The Morgan fingerprint density at radius 1 is 0.588 bits per heavy atom. The van der Waals surface area contributed by atoms with Gasteiger partial charge < -0.3 is 9.47 Å². The smallest absolute Gasteiger partial charge is 0.323 e. The number of halogens is 6. The second-order valence-electron chi connectivity index (χ2n) is 13.0. The van der Waals surface area contributed by atoms with Gasteiger partial charge in [-0.25, -0.2) is 0 Å². The first kappa shape index (κ1) is 21.6. The van der Waals surface area contributed by atoms with E-state index in [1.165, 1.54) is 7.11 Å². The van der Waals surface area contributed by atoms with Gasteiger partial charge in [0.1, 0.15) is 8.65 Å². The Hall–Kier alpha value is 1.82. The SMILES string of the molecule is COC(=O)C1(Br)[C@H]2[C@@H]3[C@@H]4[C@@H]5C(Br)(C(=O)OC)[C@H]3[C@@]3(Br)[C@H]6C(Br)[C@@H]7[C@@H]8[C@H]6[C@H]6C(Br)[C@@H]8C([C@@H]41)(C623)[C@]75Br. The van der Waals surface area contributed by atoms with Gasteiger partial charge in [-0.2, -0.15) is 0 Å². The van der Waals surface area contributed by atoms with Gasteiger partial charge in [0, 0.05) is 41.0 Å². The second-order valence-corrected chi connectivity index (χ2v) is 20.4. The van der Waals surface area contributed by atoms with E-state index in [-0.39, 0.29) is 66.9 Å². The Kier molecular flexibility index (Phi) is 3.28. The van der Waals surface area contributed by atoms with Gasteiger partial charge in [-0.1, -0.05) is 95.6 Å². The van der Waals surface area contributed by atoms with Crippen molar-refractivity contribution in [3.05, 3.63) is 0 Å².